The van der Waals surface area contributed by atoms with Crippen LogP contribution in [-0.2, 0) is 13.0 Å². The Bertz CT molecular complexity index is 589. The van der Waals surface area contributed by atoms with Gasteiger partial charge in [-0.2, -0.15) is 0 Å². The number of hydrogen-bond donors (Lipinski definition) is 1. The lowest BCUT2D eigenvalue weighted by Gasteiger charge is -2.24. The Morgan fingerprint density at radius 3 is 3.05 bits per heavy atom. The number of nitrogens with zero attached hydrogens (tertiary/aromatic N) is 4. The van der Waals surface area contributed by atoms with E-state index >= 15 is 0 Å². The van der Waals surface area contributed by atoms with Crippen LogP contribution >= 0.6 is 0 Å². The van der Waals surface area contributed by atoms with Gasteiger partial charge in [0.25, 0.3) is 5.91 Å². The molecule has 1 N–H and O–H groups in total. The Labute approximate surface area is 110 Å². The average Bonchev–Trinajstić information content (AvgIpc) is 2.87. The fourth-order valence-corrected chi connectivity index (χ4v) is 2.25. The maximum absolute atomic E-state index is 12.0. The van der Waals surface area contributed by atoms with Crippen LogP contribution in [0.3, 0.4) is 0 Å². The van der Waals surface area contributed by atoms with Crippen molar-refractivity contribution in [3.63, 3.8) is 0 Å². The molecule has 1 aliphatic rings. The lowest BCUT2D eigenvalue weighted by Crippen LogP contribution is -2.41. The summed E-state index contributed by atoms with van der Waals surface area (Å²) in [7, 11) is 0. The molecule has 1 amide bonds. The molecule has 0 unspecified atom stereocenters. The molecule has 3 heterocycles. The quantitative estimate of drug-likeness (QED) is 0.860. The minimum atomic E-state index is -0.166. The van der Waals surface area contributed by atoms with Crippen LogP contribution in [-0.4, -0.2) is 31.5 Å². The number of rotatable bonds is 2. The van der Waals surface area contributed by atoms with E-state index in [4.69, 9.17) is 0 Å². The molecule has 0 bridgehead atoms. The molecule has 0 aliphatic carbocycles. The second kappa shape index (κ2) is 4.79. The number of carbonyl (C=O) groups excluding carboxylic acids is 1. The smallest absolute Gasteiger partial charge is 0.271 e. The van der Waals surface area contributed by atoms with E-state index in [1.807, 2.05) is 13.1 Å². The molecule has 1 atom stereocenters. The third-order valence-corrected chi connectivity index (χ3v) is 3.28. The number of aryl methyl sites for hydroxylation is 2. The molecule has 0 saturated heterocycles. The van der Waals surface area contributed by atoms with Crippen molar-refractivity contribution in [3.8, 4) is 0 Å². The zero-order chi connectivity index (χ0) is 13.2. The zero-order valence-electron chi connectivity index (χ0n) is 10.7. The van der Waals surface area contributed by atoms with Crippen molar-refractivity contribution in [2.45, 2.75) is 32.4 Å². The Hall–Kier alpha value is -2.24. The molecule has 2 aromatic heterocycles. The van der Waals surface area contributed by atoms with Crippen LogP contribution < -0.4 is 5.32 Å². The average molecular weight is 257 g/mol. The van der Waals surface area contributed by atoms with Crippen molar-refractivity contribution in [1.82, 2.24) is 24.8 Å². The Morgan fingerprint density at radius 1 is 1.37 bits per heavy atom. The number of fused-ring (bicyclic) bond motifs is 1. The predicted octanol–water partition coefficient (Wildman–Crippen LogP) is 0.726. The fourth-order valence-electron chi connectivity index (χ4n) is 2.25. The van der Waals surface area contributed by atoms with Crippen LogP contribution in [0.15, 0.2) is 24.8 Å². The second-order valence-electron chi connectivity index (χ2n) is 4.75. The van der Waals surface area contributed by atoms with Gasteiger partial charge in [0.1, 0.15) is 11.5 Å². The molecule has 0 radical (unpaired) electrons. The van der Waals surface area contributed by atoms with E-state index in [-0.39, 0.29) is 11.9 Å². The summed E-state index contributed by atoms with van der Waals surface area (Å²) in [6.07, 6.45) is 8.64. The lowest BCUT2D eigenvalue weighted by molar-refractivity contribution is 0.0922. The summed E-state index contributed by atoms with van der Waals surface area (Å²) >= 11 is 0. The number of amides is 1. The van der Waals surface area contributed by atoms with Crippen LogP contribution in [0.1, 0.15) is 28.4 Å². The highest BCUT2D eigenvalue weighted by molar-refractivity contribution is 5.92. The van der Waals surface area contributed by atoms with Gasteiger partial charge in [0, 0.05) is 37.6 Å². The third-order valence-electron chi connectivity index (χ3n) is 3.28. The van der Waals surface area contributed by atoms with Gasteiger partial charge >= 0.3 is 0 Å². The van der Waals surface area contributed by atoms with Gasteiger partial charge in [0.2, 0.25) is 0 Å². The van der Waals surface area contributed by atoms with Gasteiger partial charge < -0.3 is 9.88 Å². The molecule has 0 saturated carbocycles. The summed E-state index contributed by atoms with van der Waals surface area (Å²) in [5.41, 5.74) is 1.17. The molecular weight excluding hydrogens is 242 g/mol. The van der Waals surface area contributed by atoms with Gasteiger partial charge in [-0.1, -0.05) is 0 Å². The normalized spacial score (nSPS) is 17.8. The summed E-state index contributed by atoms with van der Waals surface area (Å²) in [5.74, 6) is 0.918. The Morgan fingerprint density at radius 2 is 2.26 bits per heavy atom. The SMILES string of the molecule is Cc1cnc(C(=O)N[C@@H]2CCc3nccn3C2)cn1. The topological polar surface area (TPSA) is 72.7 Å². The maximum Gasteiger partial charge on any atom is 0.271 e. The van der Waals surface area contributed by atoms with E-state index in [0.29, 0.717) is 5.69 Å². The summed E-state index contributed by atoms with van der Waals surface area (Å²) in [5, 5.41) is 3.00. The number of aromatic nitrogens is 4. The van der Waals surface area contributed by atoms with Gasteiger partial charge in [-0.3, -0.25) is 9.78 Å². The maximum atomic E-state index is 12.0. The van der Waals surface area contributed by atoms with E-state index in [1.54, 1.807) is 12.4 Å². The highest BCUT2D eigenvalue weighted by Crippen LogP contribution is 2.13. The highest BCUT2D eigenvalue weighted by atomic mass is 16.1. The summed E-state index contributed by atoms with van der Waals surface area (Å²) < 4.78 is 2.08. The predicted molar refractivity (Wildman–Crippen MR) is 68.6 cm³/mol. The molecule has 6 nitrogen and oxygen atoms in total. The first-order valence-electron chi connectivity index (χ1n) is 6.32. The van der Waals surface area contributed by atoms with Crippen molar-refractivity contribution in [2.24, 2.45) is 0 Å². The standard InChI is InChI=1S/C13H15N5O/c1-9-6-16-11(7-15-9)13(19)17-10-2-3-12-14-4-5-18(12)8-10/h4-7,10H,2-3,8H2,1H3,(H,17,19)/t10-/m1/s1. The van der Waals surface area contributed by atoms with Crippen LogP contribution in [0.5, 0.6) is 0 Å². The van der Waals surface area contributed by atoms with Crippen molar-refractivity contribution in [2.75, 3.05) is 0 Å². The van der Waals surface area contributed by atoms with E-state index < -0.39 is 0 Å². The summed E-state index contributed by atoms with van der Waals surface area (Å²) in [4.78, 5) is 24.5. The Balaban J connectivity index is 1.66. The van der Waals surface area contributed by atoms with Crippen LogP contribution in [0.25, 0.3) is 0 Å². The molecule has 6 heteroatoms. The number of carbonyl (C=O) groups is 1. The van der Waals surface area contributed by atoms with E-state index in [0.717, 1.165) is 30.9 Å². The molecule has 19 heavy (non-hydrogen) atoms. The van der Waals surface area contributed by atoms with E-state index in [9.17, 15) is 4.79 Å². The molecule has 3 rings (SSSR count). The summed E-state index contributed by atoms with van der Waals surface area (Å²) in [6.45, 7) is 2.61. The third kappa shape index (κ3) is 2.47. The van der Waals surface area contributed by atoms with Crippen LogP contribution in [0.2, 0.25) is 0 Å². The van der Waals surface area contributed by atoms with Gasteiger partial charge in [-0.05, 0) is 13.3 Å². The van der Waals surface area contributed by atoms with Gasteiger partial charge in [-0.15, -0.1) is 0 Å². The van der Waals surface area contributed by atoms with Gasteiger partial charge in [-0.25, -0.2) is 9.97 Å². The first-order valence-corrected chi connectivity index (χ1v) is 6.32. The summed E-state index contributed by atoms with van der Waals surface area (Å²) in [6, 6.07) is 0.123. The van der Waals surface area contributed by atoms with Gasteiger partial charge in [0.05, 0.1) is 11.9 Å². The highest BCUT2D eigenvalue weighted by Gasteiger charge is 2.21. The first-order chi connectivity index (χ1) is 9.22. The monoisotopic (exact) mass is 257 g/mol. The lowest BCUT2D eigenvalue weighted by atomic mass is 10.1. The van der Waals surface area contributed by atoms with E-state index in [1.165, 1.54) is 6.20 Å². The molecule has 98 valence electrons. The largest absolute Gasteiger partial charge is 0.346 e. The second-order valence-corrected chi connectivity index (χ2v) is 4.75. The molecule has 1 aliphatic heterocycles. The number of imidazole rings is 1. The minimum absolute atomic E-state index is 0.123. The van der Waals surface area contributed by atoms with Crippen molar-refractivity contribution >= 4 is 5.91 Å². The Kier molecular flexibility index (Phi) is 2.98. The zero-order valence-corrected chi connectivity index (χ0v) is 10.7. The molecule has 0 aromatic carbocycles. The van der Waals surface area contributed by atoms with Crippen LogP contribution in [0.4, 0.5) is 0 Å². The number of hydrogen-bond acceptors (Lipinski definition) is 4. The molecule has 0 spiro atoms. The van der Waals surface area contributed by atoms with Crippen LogP contribution in [0, 0.1) is 6.92 Å². The van der Waals surface area contributed by atoms with E-state index in [2.05, 4.69) is 24.8 Å². The molecular formula is C13H15N5O. The van der Waals surface area contributed by atoms with Crippen molar-refractivity contribution < 1.29 is 4.79 Å². The molecule has 0 fully saturated rings. The van der Waals surface area contributed by atoms with Crippen molar-refractivity contribution in [1.29, 1.82) is 0 Å². The first kappa shape index (κ1) is 11.8. The van der Waals surface area contributed by atoms with Gasteiger partial charge in [0.15, 0.2) is 0 Å². The fraction of sp³-hybridized carbons (Fsp3) is 0.385. The number of nitrogens with one attached hydrogen (secondary N) is 1. The minimum Gasteiger partial charge on any atom is -0.346 e. The van der Waals surface area contributed by atoms with Crippen molar-refractivity contribution in [3.05, 3.63) is 42.0 Å². The molecule has 2 aromatic rings.